The summed E-state index contributed by atoms with van der Waals surface area (Å²) in [6.45, 7) is 0. The summed E-state index contributed by atoms with van der Waals surface area (Å²) in [6.07, 6.45) is 0.317. The maximum atomic E-state index is 10.6. The number of aldehydes is 1. The minimum atomic E-state index is -1.12. The fraction of sp³-hybridized carbons (Fsp3) is 0. The Morgan fingerprint density at radius 2 is 2.14 bits per heavy atom. The van der Waals surface area contributed by atoms with Gasteiger partial charge in [0.1, 0.15) is 5.71 Å². The lowest BCUT2D eigenvalue weighted by Gasteiger charge is -2.03. The van der Waals surface area contributed by atoms with Gasteiger partial charge in [-0.2, -0.15) is 0 Å². The van der Waals surface area contributed by atoms with E-state index in [-0.39, 0.29) is 22.5 Å². The Kier molecular flexibility index (Phi) is 2.62. The molecule has 72 valence electrons. The molecule has 14 heavy (non-hydrogen) atoms. The number of hydrogen-bond donors (Lipinski definition) is 3. The molecule has 0 aliphatic rings. The minimum Gasteiger partial charge on any atom is -0.478 e. The smallest absolute Gasteiger partial charge is 0.335 e. The molecule has 1 rings (SSSR count). The maximum absolute atomic E-state index is 10.6. The summed E-state index contributed by atoms with van der Waals surface area (Å²) in [4.78, 5) is 20.9. The van der Waals surface area contributed by atoms with Gasteiger partial charge in [0.2, 0.25) is 0 Å². The molecule has 0 spiro atoms. The van der Waals surface area contributed by atoms with Crippen LogP contribution in [0.4, 0.5) is 5.69 Å². The molecule has 0 unspecified atom stereocenters. The van der Waals surface area contributed by atoms with Crippen molar-refractivity contribution in [3.8, 4) is 0 Å². The van der Waals surface area contributed by atoms with Crippen LogP contribution in [0.5, 0.6) is 0 Å². The first-order chi connectivity index (χ1) is 6.56. The topological polar surface area (TPSA) is 104 Å². The second-order valence-corrected chi connectivity index (χ2v) is 2.64. The van der Waals surface area contributed by atoms with Crippen molar-refractivity contribution in [2.45, 2.75) is 0 Å². The van der Waals surface area contributed by atoms with E-state index in [0.717, 1.165) is 0 Å². The number of anilines is 1. The predicted molar refractivity (Wildman–Crippen MR) is 50.7 cm³/mol. The molecular formula is C9H8N2O3. The number of carbonyl (C=O) groups excluding carboxylic acids is 1. The molecule has 5 heteroatoms. The van der Waals surface area contributed by atoms with E-state index >= 15 is 0 Å². The van der Waals surface area contributed by atoms with Gasteiger partial charge in [0.15, 0.2) is 6.29 Å². The fourth-order valence-corrected chi connectivity index (χ4v) is 0.986. The number of carbonyl (C=O) groups is 2. The zero-order valence-corrected chi connectivity index (χ0v) is 7.15. The molecule has 0 atom stereocenters. The van der Waals surface area contributed by atoms with E-state index in [4.69, 9.17) is 16.2 Å². The van der Waals surface area contributed by atoms with Gasteiger partial charge in [0, 0.05) is 11.3 Å². The molecule has 0 bridgehead atoms. The fourth-order valence-electron chi connectivity index (χ4n) is 0.986. The van der Waals surface area contributed by atoms with E-state index in [1.165, 1.54) is 18.2 Å². The number of benzene rings is 1. The molecule has 0 aromatic heterocycles. The van der Waals surface area contributed by atoms with Gasteiger partial charge in [-0.05, 0) is 18.2 Å². The van der Waals surface area contributed by atoms with Crippen LogP contribution in [-0.2, 0) is 4.79 Å². The van der Waals surface area contributed by atoms with Crippen LogP contribution in [0.3, 0.4) is 0 Å². The third-order valence-corrected chi connectivity index (χ3v) is 1.71. The molecule has 0 aliphatic carbocycles. The Balaban J connectivity index is 3.28. The normalized spacial score (nSPS) is 9.43. The summed E-state index contributed by atoms with van der Waals surface area (Å²) >= 11 is 0. The van der Waals surface area contributed by atoms with Crippen LogP contribution in [0.2, 0.25) is 0 Å². The Morgan fingerprint density at radius 3 is 2.64 bits per heavy atom. The Labute approximate surface area is 79.7 Å². The summed E-state index contributed by atoms with van der Waals surface area (Å²) in [7, 11) is 0. The summed E-state index contributed by atoms with van der Waals surface area (Å²) in [6, 6.07) is 3.88. The standard InChI is InChI=1S/C9H8N2O3/c10-7-2-1-5(9(13)14)3-6(7)8(11)4-12/h1-4,11H,10H2,(H,13,14). The molecule has 5 nitrogen and oxygen atoms in total. The van der Waals surface area contributed by atoms with Gasteiger partial charge in [-0.25, -0.2) is 4.79 Å². The summed E-state index contributed by atoms with van der Waals surface area (Å²) in [5.41, 5.74) is 5.50. The van der Waals surface area contributed by atoms with Crippen LogP contribution in [0.15, 0.2) is 18.2 Å². The number of nitrogen functional groups attached to an aromatic ring is 1. The van der Waals surface area contributed by atoms with Gasteiger partial charge < -0.3 is 10.8 Å². The number of nitrogens with one attached hydrogen (secondary N) is 1. The molecular weight excluding hydrogens is 184 g/mol. The Hall–Kier alpha value is -2.17. The van der Waals surface area contributed by atoms with E-state index in [2.05, 4.69) is 0 Å². The van der Waals surface area contributed by atoms with Gasteiger partial charge in [-0.1, -0.05) is 0 Å². The first-order valence-electron chi connectivity index (χ1n) is 3.73. The van der Waals surface area contributed by atoms with Crippen molar-refractivity contribution in [3.05, 3.63) is 29.3 Å². The maximum Gasteiger partial charge on any atom is 0.335 e. The monoisotopic (exact) mass is 192 g/mol. The molecule has 0 fully saturated rings. The lowest BCUT2D eigenvalue weighted by molar-refractivity contribution is -0.102. The molecule has 0 heterocycles. The van der Waals surface area contributed by atoms with Crippen LogP contribution in [0.1, 0.15) is 15.9 Å². The summed E-state index contributed by atoms with van der Waals surface area (Å²) < 4.78 is 0. The molecule has 1 aromatic rings. The highest BCUT2D eigenvalue weighted by molar-refractivity contribution is 6.36. The van der Waals surface area contributed by atoms with Crippen LogP contribution in [0.25, 0.3) is 0 Å². The number of hydrogen-bond acceptors (Lipinski definition) is 4. The quantitative estimate of drug-likeness (QED) is 0.369. The lowest BCUT2D eigenvalue weighted by atomic mass is 10.1. The average molecular weight is 192 g/mol. The lowest BCUT2D eigenvalue weighted by Crippen LogP contribution is -2.07. The first-order valence-corrected chi connectivity index (χ1v) is 3.73. The highest BCUT2D eigenvalue weighted by atomic mass is 16.4. The van der Waals surface area contributed by atoms with Crippen LogP contribution >= 0.6 is 0 Å². The van der Waals surface area contributed by atoms with Crippen molar-refractivity contribution in [2.75, 3.05) is 5.73 Å². The molecule has 0 amide bonds. The van der Waals surface area contributed by atoms with Crippen molar-refractivity contribution >= 4 is 23.7 Å². The predicted octanol–water partition coefficient (Wildman–Crippen LogP) is 0.534. The second kappa shape index (κ2) is 3.69. The highest BCUT2D eigenvalue weighted by Gasteiger charge is 2.09. The molecule has 0 aliphatic heterocycles. The zero-order valence-electron chi connectivity index (χ0n) is 7.15. The van der Waals surface area contributed by atoms with Crippen LogP contribution in [0, 0.1) is 5.41 Å². The molecule has 0 radical (unpaired) electrons. The van der Waals surface area contributed by atoms with E-state index in [1.807, 2.05) is 0 Å². The average Bonchev–Trinajstić information content (AvgIpc) is 2.17. The Bertz CT molecular complexity index is 413. The number of aromatic carboxylic acids is 1. The van der Waals surface area contributed by atoms with Crippen LogP contribution < -0.4 is 5.73 Å². The molecule has 0 saturated heterocycles. The Morgan fingerprint density at radius 1 is 1.50 bits per heavy atom. The van der Waals surface area contributed by atoms with Crippen molar-refractivity contribution in [1.82, 2.24) is 0 Å². The number of nitrogens with two attached hydrogens (primary N) is 1. The van der Waals surface area contributed by atoms with Crippen molar-refractivity contribution in [3.63, 3.8) is 0 Å². The number of carboxylic acid groups (broad SMARTS) is 1. The second-order valence-electron chi connectivity index (χ2n) is 2.64. The van der Waals surface area contributed by atoms with E-state index < -0.39 is 5.97 Å². The van der Waals surface area contributed by atoms with E-state index in [1.54, 1.807) is 0 Å². The first kappa shape index (κ1) is 9.91. The van der Waals surface area contributed by atoms with E-state index in [9.17, 15) is 9.59 Å². The minimum absolute atomic E-state index is 0.000741. The summed E-state index contributed by atoms with van der Waals surface area (Å²) in [5.74, 6) is -1.12. The SMILES string of the molecule is N=C(C=O)c1cc(C(=O)O)ccc1N. The van der Waals surface area contributed by atoms with Crippen molar-refractivity contribution in [1.29, 1.82) is 5.41 Å². The number of carboxylic acids is 1. The third kappa shape index (κ3) is 1.77. The summed E-state index contributed by atoms with van der Waals surface area (Å²) in [5, 5.41) is 15.9. The van der Waals surface area contributed by atoms with Crippen molar-refractivity contribution < 1.29 is 14.7 Å². The van der Waals surface area contributed by atoms with Gasteiger partial charge >= 0.3 is 5.97 Å². The molecule has 0 saturated carbocycles. The molecule has 4 N–H and O–H groups in total. The highest BCUT2D eigenvalue weighted by Crippen LogP contribution is 2.14. The largest absolute Gasteiger partial charge is 0.478 e. The van der Waals surface area contributed by atoms with E-state index in [0.29, 0.717) is 6.29 Å². The number of rotatable bonds is 3. The van der Waals surface area contributed by atoms with Gasteiger partial charge in [-0.15, -0.1) is 0 Å². The zero-order chi connectivity index (χ0) is 10.7. The molecule has 1 aromatic carbocycles. The van der Waals surface area contributed by atoms with Gasteiger partial charge in [-0.3, -0.25) is 10.2 Å². The third-order valence-electron chi connectivity index (χ3n) is 1.71. The van der Waals surface area contributed by atoms with Gasteiger partial charge in [0.25, 0.3) is 0 Å². The van der Waals surface area contributed by atoms with Gasteiger partial charge in [0.05, 0.1) is 5.56 Å². The van der Waals surface area contributed by atoms with Crippen LogP contribution in [-0.4, -0.2) is 23.1 Å². The van der Waals surface area contributed by atoms with Crippen molar-refractivity contribution in [2.24, 2.45) is 0 Å².